The summed E-state index contributed by atoms with van der Waals surface area (Å²) in [6.07, 6.45) is 6.97. The van der Waals surface area contributed by atoms with Crippen LogP contribution in [0.4, 0.5) is 9.93 Å². The topological polar surface area (TPSA) is 101 Å². The Balaban J connectivity index is 1.16. The molecule has 8 nitrogen and oxygen atoms in total. The zero-order valence-electron chi connectivity index (χ0n) is 20.5. The minimum absolute atomic E-state index is 0.0425. The summed E-state index contributed by atoms with van der Waals surface area (Å²) < 4.78 is 5.43. The Morgan fingerprint density at radius 1 is 0.973 bits per heavy atom. The van der Waals surface area contributed by atoms with Gasteiger partial charge in [-0.15, -0.1) is 0 Å². The van der Waals surface area contributed by atoms with Crippen molar-refractivity contribution in [2.45, 2.75) is 57.2 Å². The van der Waals surface area contributed by atoms with Crippen LogP contribution in [0.3, 0.4) is 0 Å². The fourth-order valence-electron chi connectivity index (χ4n) is 4.84. The number of ether oxygens (including phenoxy) is 1. The lowest BCUT2D eigenvalue weighted by atomic mass is 10.1. The molecular weight excluding hydrogens is 488 g/mol. The van der Waals surface area contributed by atoms with Crippen LogP contribution in [0.25, 0.3) is 10.4 Å². The first kappa shape index (κ1) is 25.0. The van der Waals surface area contributed by atoms with E-state index < -0.39 is 12.1 Å². The minimum atomic E-state index is -0.590. The van der Waals surface area contributed by atoms with E-state index in [1.54, 1.807) is 6.20 Å². The molecule has 9 heteroatoms. The predicted molar refractivity (Wildman–Crippen MR) is 142 cm³/mol. The second-order valence-corrected chi connectivity index (χ2v) is 10.5. The molecule has 0 radical (unpaired) electrons. The molecule has 1 saturated carbocycles. The Kier molecular flexibility index (Phi) is 7.79. The van der Waals surface area contributed by atoms with Gasteiger partial charge in [0.25, 0.3) is 5.91 Å². The molecule has 0 spiro atoms. The molecule has 1 saturated heterocycles. The van der Waals surface area contributed by atoms with E-state index in [1.165, 1.54) is 29.1 Å². The molecule has 2 N–H and O–H groups in total. The van der Waals surface area contributed by atoms with Crippen molar-refractivity contribution in [3.05, 3.63) is 71.9 Å². The Morgan fingerprint density at radius 2 is 1.73 bits per heavy atom. The maximum absolute atomic E-state index is 13.0. The molecule has 1 atom stereocenters. The van der Waals surface area contributed by atoms with Crippen LogP contribution < -0.4 is 10.6 Å². The van der Waals surface area contributed by atoms with Crippen molar-refractivity contribution >= 4 is 34.4 Å². The van der Waals surface area contributed by atoms with Crippen LogP contribution >= 0.6 is 11.3 Å². The normalized spacial score (nSPS) is 17.5. The summed E-state index contributed by atoms with van der Waals surface area (Å²) in [5, 5.41) is 6.42. The average Bonchev–Trinajstić information content (AvgIpc) is 3.70. The van der Waals surface area contributed by atoms with Gasteiger partial charge in [-0.2, -0.15) is 0 Å². The second kappa shape index (κ2) is 11.6. The largest absolute Gasteiger partial charge is 0.445 e. The van der Waals surface area contributed by atoms with Crippen LogP contribution in [0, 0.1) is 0 Å². The molecule has 2 aromatic carbocycles. The van der Waals surface area contributed by atoms with Gasteiger partial charge in [0.05, 0.1) is 4.88 Å². The predicted octanol–water partition coefficient (Wildman–Crippen LogP) is 5.22. The standard InChI is InChI=1S/C28H30N4O4S/c33-25(30-22-9-4-5-10-22)21-14-12-20(13-15-21)24-17-29-27(37-24)31-26(34)23-11-6-16-32(23)28(35)36-18-19-7-2-1-3-8-19/h1-3,7-8,12-15,17,22-23H,4-6,9-11,16,18H2,(H,30,33)(H,29,31,34). The summed E-state index contributed by atoms with van der Waals surface area (Å²) in [5.41, 5.74) is 2.45. The number of nitrogens with one attached hydrogen (secondary N) is 2. The molecule has 0 bridgehead atoms. The van der Waals surface area contributed by atoms with Crippen molar-refractivity contribution < 1.29 is 19.1 Å². The average molecular weight is 519 g/mol. The quantitative estimate of drug-likeness (QED) is 0.447. The van der Waals surface area contributed by atoms with Crippen molar-refractivity contribution in [1.82, 2.24) is 15.2 Å². The van der Waals surface area contributed by atoms with Crippen molar-refractivity contribution in [2.24, 2.45) is 0 Å². The van der Waals surface area contributed by atoms with Gasteiger partial charge in [0.15, 0.2) is 5.13 Å². The van der Waals surface area contributed by atoms with E-state index >= 15 is 0 Å². The summed E-state index contributed by atoms with van der Waals surface area (Å²) in [4.78, 5) is 44.8. The third-order valence-corrected chi connectivity index (χ3v) is 7.81. The third-order valence-electron chi connectivity index (χ3n) is 6.85. The van der Waals surface area contributed by atoms with Gasteiger partial charge in [-0.25, -0.2) is 9.78 Å². The molecule has 1 aliphatic carbocycles. The number of rotatable bonds is 7. The molecule has 2 aliphatic rings. The van der Waals surface area contributed by atoms with Gasteiger partial charge in [-0.05, 0) is 48.9 Å². The summed E-state index contributed by atoms with van der Waals surface area (Å²) in [7, 11) is 0. The van der Waals surface area contributed by atoms with Crippen molar-refractivity contribution in [2.75, 3.05) is 11.9 Å². The number of aromatic nitrogens is 1. The smallest absolute Gasteiger partial charge is 0.410 e. The SMILES string of the molecule is O=C(NC1CCCC1)c1ccc(-c2cnc(NC(=O)C3CCCN3C(=O)OCc3ccccc3)s2)cc1. The van der Waals surface area contributed by atoms with E-state index in [-0.39, 0.29) is 24.5 Å². The first-order valence-electron chi connectivity index (χ1n) is 12.7. The van der Waals surface area contributed by atoms with Crippen LogP contribution in [0.2, 0.25) is 0 Å². The molecule has 2 heterocycles. The molecule has 37 heavy (non-hydrogen) atoms. The molecule has 3 aromatic rings. The summed E-state index contributed by atoms with van der Waals surface area (Å²) in [6, 6.07) is 16.6. The number of amides is 3. The van der Waals surface area contributed by atoms with E-state index in [1.807, 2.05) is 54.6 Å². The van der Waals surface area contributed by atoms with Crippen LogP contribution in [-0.2, 0) is 16.1 Å². The van der Waals surface area contributed by atoms with E-state index in [2.05, 4.69) is 15.6 Å². The Labute approximate surface area is 220 Å². The molecule has 3 amide bonds. The molecule has 1 aromatic heterocycles. The van der Waals surface area contributed by atoms with E-state index in [0.29, 0.717) is 23.7 Å². The number of carbonyl (C=O) groups excluding carboxylic acids is 3. The highest BCUT2D eigenvalue weighted by molar-refractivity contribution is 7.19. The third kappa shape index (κ3) is 6.17. The van der Waals surface area contributed by atoms with Crippen molar-refractivity contribution in [3.63, 3.8) is 0 Å². The van der Waals surface area contributed by atoms with Gasteiger partial charge >= 0.3 is 6.09 Å². The summed E-state index contributed by atoms with van der Waals surface area (Å²) in [6.45, 7) is 0.650. The van der Waals surface area contributed by atoms with Crippen LogP contribution in [0.5, 0.6) is 0 Å². The fourth-order valence-corrected chi connectivity index (χ4v) is 5.66. The number of nitrogens with zero attached hydrogens (tertiary/aromatic N) is 2. The highest BCUT2D eigenvalue weighted by Gasteiger charge is 2.35. The highest BCUT2D eigenvalue weighted by Crippen LogP contribution is 2.30. The van der Waals surface area contributed by atoms with E-state index in [4.69, 9.17) is 4.74 Å². The zero-order chi connectivity index (χ0) is 25.6. The fraction of sp³-hybridized carbons (Fsp3) is 0.357. The van der Waals surface area contributed by atoms with Crippen LogP contribution in [0.1, 0.15) is 54.4 Å². The molecule has 1 aliphatic heterocycles. The Morgan fingerprint density at radius 3 is 2.49 bits per heavy atom. The lowest BCUT2D eigenvalue weighted by molar-refractivity contribution is -0.120. The maximum Gasteiger partial charge on any atom is 0.410 e. The number of benzene rings is 2. The van der Waals surface area contributed by atoms with Crippen molar-refractivity contribution in [1.29, 1.82) is 0 Å². The van der Waals surface area contributed by atoms with E-state index in [9.17, 15) is 14.4 Å². The first-order chi connectivity index (χ1) is 18.1. The second-order valence-electron chi connectivity index (χ2n) is 9.44. The minimum Gasteiger partial charge on any atom is -0.445 e. The number of hydrogen-bond donors (Lipinski definition) is 2. The van der Waals surface area contributed by atoms with Gasteiger partial charge in [0, 0.05) is 24.3 Å². The van der Waals surface area contributed by atoms with Gasteiger partial charge in [-0.1, -0.05) is 66.6 Å². The molecule has 5 rings (SSSR count). The molecule has 192 valence electrons. The highest BCUT2D eigenvalue weighted by atomic mass is 32.1. The summed E-state index contributed by atoms with van der Waals surface area (Å²) in [5.74, 6) is -0.312. The molecule has 2 fully saturated rings. The lowest BCUT2D eigenvalue weighted by Gasteiger charge is -2.22. The zero-order valence-corrected chi connectivity index (χ0v) is 21.3. The molecular formula is C28H30N4O4S. The summed E-state index contributed by atoms with van der Waals surface area (Å²) >= 11 is 1.35. The number of thiazole rings is 1. The number of hydrogen-bond acceptors (Lipinski definition) is 6. The number of carbonyl (C=O) groups is 3. The number of likely N-dealkylation sites (tertiary alicyclic amines) is 1. The Hall–Kier alpha value is -3.72. The van der Waals surface area contributed by atoms with Gasteiger partial charge in [0.2, 0.25) is 5.91 Å². The lowest BCUT2D eigenvalue weighted by Crippen LogP contribution is -2.43. The van der Waals surface area contributed by atoms with Crippen LogP contribution in [-0.4, -0.2) is 46.4 Å². The van der Waals surface area contributed by atoms with Crippen LogP contribution in [0.15, 0.2) is 60.8 Å². The Bertz CT molecular complexity index is 1240. The van der Waals surface area contributed by atoms with Crippen molar-refractivity contribution in [3.8, 4) is 10.4 Å². The maximum atomic E-state index is 13.0. The van der Waals surface area contributed by atoms with Gasteiger partial charge < -0.3 is 15.4 Å². The first-order valence-corrected chi connectivity index (χ1v) is 13.5. The molecule has 1 unspecified atom stereocenters. The van der Waals surface area contributed by atoms with E-state index in [0.717, 1.165) is 35.3 Å². The monoisotopic (exact) mass is 518 g/mol. The number of anilines is 1. The van der Waals surface area contributed by atoms with Gasteiger partial charge in [0.1, 0.15) is 12.6 Å². The van der Waals surface area contributed by atoms with Gasteiger partial charge in [-0.3, -0.25) is 14.5 Å².